The molecule has 0 saturated heterocycles. The molecule has 90 valence electrons. The first kappa shape index (κ1) is 10.4. The van der Waals surface area contributed by atoms with E-state index in [1.54, 1.807) is 0 Å². The van der Waals surface area contributed by atoms with E-state index in [9.17, 15) is 4.79 Å². The van der Waals surface area contributed by atoms with Gasteiger partial charge in [-0.1, -0.05) is 19.3 Å². The minimum absolute atomic E-state index is 0.0474. The average molecular weight is 222 g/mol. The molecule has 0 aromatic rings. The minimum atomic E-state index is 0.0474. The molecule has 3 fully saturated rings. The van der Waals surface area contributed by atoms with E-state index in [1.165, 1.54) is 38.5 Å². The van der Waals surface area contributed by atoms with E-state index in [0.29, 0.717) is 0 Å². The Hall–Kier alpha value is -0.730. The van der Waals surface area contributed by atoms with Gasteiger partial charge in [0.1, 0.15) is 0 Å². The third-order valence-electron chi connectivity index (χ3n) is 4.51. The van der Waals surface area contributed by atoms with E-state index in [1.807, 2.05) is 0 Å². The van der Waals surface area contributed by atoms with Gasteiger partial charge in [0.05, 0.1) is 0 Å². The van der Waals surface area contributed by atoms with Crippen LogP contribution in [0.5, 0.6) is 0 Å². The van der Waals surface area contributed by atoms with E-state index >= 15 is 0 Å². The maximum absolute atomic E-state index is 11.4. The summed E-state index contributed by atoms with van der Waals surface area (Å²) in [5, 5.41) is 5.96. The molecule has 3 rings (SSSR count). The predicted molar refractivity (Wildman–Crippen MR) is 63.1 cm³/mol. The molecule has 3 heteroatoms. The van der Waals surface area contributed by atoms with Gasteiger partial charge in [-0.2, -0.15) is 0 Å². The SMILES string of the molecule is O=C(NCC1CC1)NC[C@@H]1C[C@H]1C1CCC1. The van der Waals surface area contributed by atoms with Crippen LogP contribution in [-0.4, -0.2) is 19.1 Å². The number of urea groups is 1. The topological polar surface area (TPSA) is 41.1 Å². The molecule has 0 bridgehead atoms. The van der Waals surface area contributed by atoms with Gasteiger partial charge < -0.3 is 10.6 Å². The quantitative estimate of drug-likeness (QED) is 0.735. The van der Waals surface area contributed by atoms with Crippen molar-refractivity contribution in [3.8, 4) is 0 Å². The number of carbonyl (C=O) groups is 1. The van der Waals surface area contributed by atoms with Gasteiger partial charge in [-0.25, -0.2) is 4.79 Å². The summed E-state index contributed by atoms with van der Waals surface area (Å²) in [6.45, 7) is 1.78. The summed E-state index contributed by atoms with van der Waals surface area (Å²) in [6, 6.07) is 0.0474. The van der Waals surface area contributed by atoms with Crippen LogP contribution in [0.4, 0.5) is 4.79 Å². The van der Waals surface area contributed by atoms with Gasteiger partial charge in [-0.05, 0) is 42.9 Å². The molecule has 0 radical (unpaired) electrons. The summed E-state index contributed by atoms with van der Waals surface area (Å²) in [5.74, 6) is 3.50. The van der Waals surface area contributed by atoms with E-state index in [2.05, 4.69) is 10.6 Å². The lowest BCUT2D eigenvalue weighted by molar-refractivity contribution is 0.237. The Labute approximate surface area is 97.4 Å². The minimum Gasteiger partial charge on any atom is -0.338 e. The molecule has 2 atom stereocenters. The van der Waals surface area contributed by atoms with Crippen LogP contribution in [0, 0.1) is 23.7 Å². The van der Waals surface area contributed by atoms with Gasteiger partial charge in [-0.3, -0.25) is 0 Å². The summed E-state index contributed by atoms with van der Waals surface area (Å²) in [6.07, 6.45) is 8.26. The van der Waals surface area contributed by atoms with Crippen molar-refractivity contribution in [2.75, 3.05) is 13.1 Å². The second kappa shape index (κ2) is 4.27. The Morgan fingerprint density at radius 1 is 1.06 bits per heavy atom. The lowest BCUT2D eigenvalue weighted by atomic mass is 9.81. The Morgan fingerprint density at radius 2 is 1.81 bits per heavy atom. The molecular formula is C13H22N2O. The zero-order valence-corrected chi connectivity index (χ0v) is 9.87. The highest BCUT2D eigenvalue weighted by Crippen LogP contribution is 2.51. The van der Waals surface area contributed by atoms with Crippen molar-refractivity contribution in [2.24, 2.45) is 23.7 Å². The molecule has 0 aromatic heterocycles. The number of carbonyl (C=O) groups excluding carboxylic acids is 1. The molecule has 2 N–H and O–H groups in total. The van der Waals surface area contributed by atoms with Crippen molar-refractivity contribution < 1.29 is 4.79 Å². The molecule has 0 spiro atoms. The van der Waals surface area contributed by atoms with Gasteiger partial charge in [-0.15, -0.1) is 0 Å². The standard InChI is InChI=1S/C13H22N2O/c16-13(14-7-9-4-5-9)15-8-11-6-12(11)10-2-1-3-10/h9-12H,1-8H2,(H2,14,15,16)/t11-,12-/m0/s1. The Morgan fingerprint density at radius 3 is 2.44 bits per heavy atom. The van der Waals surface area contributed by atoms with E-state index in [0.717, 1.165) is 36.8 Å². The second-order valence-electron chi connectivity index (χ2n) is 5.88. The summed E-state index contributed by atoms with van der Waals surface area (Å²) in [7, 11) is 0. The van der Waals surface area contributed by atoms with E-state index in [-0.39, 0.29) is 6.03 Å². The number of rotatable bonds is 5. The van der Waals surface area contributed by atoms with E-state index in [4.69, 9.17) is 0 Å². The van der Waals surface area contributed by atoms with Crippen molar-refractivity contribution in [3.63, 3.8) is 0 Å². The van der Waals surface area contributed by atoms with Gasteiger partial charge >= 0.3 is 6.03 Å². The molecule has 3 aliphatic rings. The van der Waals surface area contributed by atoms with Crippen molar-refractivity contribution in [1.82, 2.24) is 10.6 Å². The zero-order chi connectivity index (χ0) is 11.0. The monoisotopic (exact) mass is 222 g/mol. The Bertz CT molecular complexity index is 271. The summed E-state index contributed by atoms with van der Waals surface area (Å²) < 4.78 is 0. The van der Waals surface area contributed by atoms with Crippen molar-refractivity contribution >= 4 is 6.03 Å². The Kier molecular flexibility index (Phi) is 2.78. The summed E-state index contributed by atoms with van der Waals surface area (Å²) >= 11 is 0. The molecule has 0 aliphatic heterocycles. The highest BCUT2D eigenvalue weighted by atomic mass is 16.2. The summed E-state index contributed by atoms with van der Waals surface area (Å²) in [5.41, 5.74) is 0. The van der Waals surface area contributed by atoms with Gasteiger partial charge in [0.2, 0.25) is 0 Å². The highest BCUT2D eigenvalue weighted by Gasteiger charge is 2.44. The lowest BCUT2D eigenvalue weighted by Gasteiger charge is -2.25. The average Bonchev–Trinajstić information content (AvgIpc) is 3.05. The van der Waals surface area contributed by atoms with Gasteiger partial charge in [0, 0.05) is 13.1 Å². The highest BCUT2D eigenvalue weighted by molar-refractivity contribution is 5.73. The zero-order valence-electron chi connectivity index (χ0n) is 9.87. The van der Waals surface area contributed by atoms with Gasteiger partial charge in [0.15, 0.2) is 0 Å². The number of hydrogen-bond donors (Lipinski definition) is 2. The predicted octanol–water partition coefficient (Wildman–Crippen LogP) is 2.13. The lowest BCUT2D eigenvalue weighted by Crippen LogP contribution is -2.38. The first-order valence-corrected chi connectivity index (χ1v) is 6.84. The molecule has 0 aromatic carbocycles. The number of amides is 2. The fourth-order valence-corrected chi connectivity index (χ4v) is 2.80. The fraction of sp³-hybridized carbons (Fsp3) is 0.923. The Balaban J connectivity index is 1.26. The van der Waals surface area contributed by atoms with Crippen molar-refractivity contribution in [1.29, 1.82) is 0 Å². The fourth-order valence-electron chi connectivity index (χ4n) is 2.80. The third-order valence-corrected chi connectivity index (χ3v) is 4.51. The molecule has 0 heterocycles. The largest absolute Gasteiger partial charge is 0.338 e. The molecule has 3 aliphatic carbocycles. The number of nitrogens with one attached hydrogen (secondary N) is 2. The maximum atomic E-state index is 11.4. The van der Waals surface area contributed by atoms with Gasteiger partial charge in [0.25, 0.3) is 0 Å². The third kappa shape index (κ3) is 2.50. The molecule has 2 amide bonds. The van der Waals surface area contributed by atoms with Crippen LogP contribution in [-0.2, 0) is 0 Å². The molecule has 3 nitrogen and oxygen atoms in total. The molecule has 16 heavy (non-hydrogen) atoms. The summed E-state index contributed by atoms with van der Waals surface area (Å²) in [4.78, 5) is 11.4. The first-order chi connectivity index (χ1) is 7.83. The van der Waals surface area contributed by atoms with Crippen LogP contribution in [0.15, 0.2) is 0 Å². The first-order valence-electron chi connectivity index (χ1n) is 6.84. The maximum Gasteiger partial charge on any atom is 0.314 e. The van der Waals surface area contributed by atoms with Crippen LogP contribution in [0.1, 0.15) is 38.5 Å². The van der Waals surface area contributed by atoms with Crippen LogP contribution in [0.3, 0.4) is 0 Å². The molecule has 3 saturated carbocycles. The van der Waals surface area contributed by atoms with Crippen LogP contribution >= 0.6 is 0 Å². The second-order valence-corrected chi connectivity index (χ2v) is 5.88. The molecular weight excluding hydrogens is 200 g/mol. The smallest absolute Gasteiger partial charge is 0.314 e. The van der Waals surface area contributed by atoms with Crippen LogP contribution in [0.25, 0.3) is 0 Å². The normalized spacial score (nSPS) is 33.0. The number of hydrogen-bond acceptors (Lipinski definition) is 1. The van der Waals surface area contributed by atoms with Crippen LogP contribution < -0.4 is 10.6 Å². The van der Waals surface area contributed by atoms with Crippen LogP contribution in [0.2, 0.25) is 0 Å². The van der Waals surface area contributed by atoms with E-state index < -0.39 is 0 Å². The van der Waals surface area contributed by atoms with Crippen molar-refractivity contribution in [2.45, 2.75) is 38.5 Å². The van der Waals surface area contributed by atoms with Crippen molar-refractivity contribution in [3.05, 3.63) is 0 Å². The molecule has 0 unspecified atom stereocenters.